The van der Waals surface area contributed by atoms with Gasteiger partial charge in [-0.3, -0.25) is 0 Å². The maximum Gasteiger partial charge on any atom is 0.0844 e. The highest BCUT2D eigenvalue weighted by molar-refractivity contribution is 7.75. The quantitative estimate of drug-likeness (QED) is 0.0970. The fourth-order valence-electron chi connectivity index (χ4n) is 2.83. The van der Waals surface area contributed by atoms with E-state index in [2.05, 4.69) is 59.7 Å². The van der Waals surface area contributed by atoms with Gasteiger partial charge < -0.3 is 18.4 Å². The Balaban J connectivity index is 0. The van der Waals surface area contributed by atoms with Crippen LogP contribution in [0.3, 0.4) is 0 Å². The molecule has 5 heteroatoms. The van der Waals surface area contributed by atoms with Crippen LogP contribution in [0.1, 0.15) is 97.0 Å². The van der Waals surface area contributed by atoms with E-state index in [9.17, 15) is 0 Å². The summed E-state index contributed by atoms with van der Waals surface area (Å²) in [4.78, 5) is 0. The zero-order valence-corrected chi connectivity index (χ0v) is 23.4. The van der Waals surface area contributed by atoms with Crippen LogP contribution in [0, 0.1) is 11.8 Å². The summed E-state index contributed by atoms with van der Waals surface area (Å²) in [6.45, 7) is 10.6. The standard InChI is InChI=1S/C23H36O2.C3H8O2S.C3H8/c1-2-24-21-22-25-20-16-11-9-7-5-3-4-6-8-10-13-17-23-18-14-12-15-19-23;1-4-2-3-5-6;1-3-2/h12,14-15,18-19H,2-11,16,20-22H2,1H3;6H,2-3H2,1H3;3H2,1-2H3. The van der Waals surface area contributed by atoms with Gasteiger partial charge in [0, 0.05) is 32.3 Å². The van der Waals surface area contributed by atoms with Gasteiger partial charge in [0.25, 0.3) is 0 Å². The third-order valence-corrected chi connectivity index (χ3v) is 4.73. The van der Waals surface area contributed by atoms with Crippen LogP contribution in [-0.4, -0.2) is 46.8 Å². The first-order valence-electron chi connectivity index (χ1n) is 13.2. The van der Waals surface area contributed by atoms with Gasteiger partial charge in [0.05, 0.1) is 26.4 Å². The van der Waals surface area contributed by atoms with Crippen LogP contribution >= 0.6 is 12.9 Å². The van der Waals surface area contributed by atoms with Crippen molar-refractivity contribution in [2.24, 2.45) is 0 Å². The molecule has 0 heterocycles. The molecule has 0 spiro atoms. The average molecular weight is 497 g/mol. The molecule has 0 aliphatic heterocycles. The van der Waals surface area contributed by atoms with E-state index >= 15 is 0 Å². The van der Waals surface area contributed by atoms with E-state index in [0.29, 0.717) is 13.2 Å². The fourth-order valence-corrected chi connectivity index (χ4v) is 2.90. The van der Waals surface area contributed by atoms with E-state index in [0.717, 1.165) is 38.4 Å². The SMILES string of the molecule is CCC.CCOCCOCCCCCCCCCCCC#Cc1ccccc1.COCCOS. The summed E-state index contributed by atoms with van der Waals surface area (Å²) in [5.41, 5.74) is 1.13. The molecule has 0 aliphatic rings. The van der Waals surface area contributed by atoms with Gasteiger partial charge in [-0.1, -0.05) is 95.3 Å². The average Bonchev–Trinajstić information content (AvgIpc) is 2.86. The summed E-state index contributed by atoms with van der Waals surface area (Å²) in [6.07, 6.45) is 14.1. The smallest absolute Gasteiger partial charge is 0.0844 e. The number of unbranched alkanes of at least 4 members (excludes halogenated alkanes) is 9. The van der Waals surface area contributed by atoms with Crippen molar-refractivity contribution in [1.29, 1.82) is 0 Å². The molecule has 0 amide bonds. The molecule has 0 N–H and O–H groups in total. The van der Waals surface area contributed by atoms with E-state index in [4.69, 9.17) is 9.47 Å². The zero-order valence-electron chi connectivity index (χ0n) is 22.5. The molecule has 0 aliphatic carbocycles. The van der Waals surface area contributed by atoms with E-state index in [1.807, 2.05) is 25.1 Å². The minimum Gasteiger partial charge on any atom is -0.382 e. The summed E-state index contributed by atoms with van der Waals surface area (Å²) in [6, 6.07) is 10.3. The number of benzene rings is 1. The minimum atomic E-state index is 0.555. The maximum absolute atomic E-state index is 5.52. The third-order valence-electron chi connectivity index (χ3n) is 4.55. The molecule has 1 aromatic carbocycles. The number of ether oxygens (including phenoxy) is 3. The molecular weight excluding hydrogens is 444 g/mol. The Morgan fingerprint density at radius 2 is 1.24 bits per heavy atom. The molecule has 0 saturated carbocycles. The summed E-state index contributed by atoms with van der Waals surface area (Å²) in [5, 5.41) is 0. The van der Waals surface area contributed by atoms with Crippen molar-refractivity contribution in [1.82, 2.24) is 0 Å². The third kappa shape index (κ3) is 33.1. The number of hydrogen-bond donors (Lipinski definition) is 1. The molecule has 0 aromatic heterocycles. The Labute approximate surface area is 217 Å². The van der Waals surface area contributed by atoms with Crippen molar-refractivity contribution in [3.8, 4) is 11.8 Å². The molecule has 0 saturated heterocycles. The van der Waals surface area contributed by atoms with E-state index in [1.165, 1.54) is 64.2 Å². The Morgan fingerprint density at radius 1 is 0.676 bits per heavy atom. The van der Waals surface area contributed by atoms with Crippen molar-refractivity contribution in [3.05, 3.63) is 35.9 Å². The van der Waals surface area contributed by atoms with Crippen molar-refractivity contribution >= 4 is 12.9 Å². The summed E-state index contributed by atoms with van der Waals surface area (Å²) >= 11 is 3.47. The maximum atomic E-state index is 5.52. The first kappa shape index (κ1) is 35.1. The van der Waals surface area contributed by atoms with Gasteiger partial charge in [-0.2, -0.15) is 0 Å². The van der Waals surface area contributed by atoms with Crippen LogP contribution in [0.15, 0.2) is 30.3 Å². The lowest BCUT2D eigenvalue weighted by Crippen LogP contribution is -2.04. The van der Waals surface area contributed by atoms with Crippen LogP contribution in [0.5, 0.6) is 0 Å². The molecule has 1 rings (SSSR count). The molecule has 4 nitrogen and oxygen atoms in total. The zero-order chi connectivity index (χ0) is 25.4. The highest BCUT2D eigenvalue weighted by Crippen LogP contribution is 2.10. The van der Waals surface area contributed by atoms with Crippen LogP contribution in [0.4, 0.5) is 0 Å². The topological polar surface area (TPSA) is 36.9 Å². The normalized spacial score (nSPS) is 9.79. The van der Waals surface area contributed by atoms with Crippen LogP contribution in [0.25, 0.3) is 0 Å². The van der Waals surface area contributed by atoms with Crippen molar-refractivity contribution in [3.63, 3.8) is 0 Å². The number of thiol groups is 1. The van der Waals surface area contributed by atoms with E-state index < -0.39 is 0 Å². The lowest BCUT2D eigenvalue weighted by Gasteiger charge is -2.04. The van der Waals surface area contributed by atoms with Gasteiger partial charge in [0.2, 0.25) is 0 Å². The lowest BCUT2D eigenvalue weighted by molar-refractivity contribution is 0.0512. The second-order valence-electron chi connectivity index (χ2n) is 7.94. The van der Waals surface area contributed by atoms with Gasteiger partial charge in [-0.25, -0.2) is 0 Å². The highest BCUT2D eigenvalue weighted by atomic mass is 32.1. The van der Waals surface area contributed by atoms with Gasteiger partial charge in [-0.15, -0.1) is 0 Å². The van der Waals surface area contributed by atoms with Crippen molar-refractivity contribution in [2.75, 3.05) is 46.8 Å². The first-order valence-corrected chi connectivity index (χ1v) is 13.6. The van der Waals surface area contributed by atoms with E-state index in [-0.39, 0.29) is 0 Å². The second kappa shape index (κ2) is 34.1. The van der Waals surface area contributed by atoms with Crippen LogP contribution in [-0.2, 0) is 18.4 Å². The summed E-state index contributed by atoms with van der Waals surface area (Å²) < 4.78 is 19.7. The molecule has 0 radical (unpaired) electrons. The minimum absolute atomic E-state index is 0.555. The lowest BCUT2D eigenvalue weighted by atomic mass is 10.1. The van der Waals surface area contributed by atoms with Crippen LogP contribution < -0.4 is 0 Å². The van der Waals surface area contributed by atoms with E-state index in [1.54, 1.807) is 7.11 Å². The fraction of sp³-hybridized carbons (Fsp3) is 0.724. The number of hydrogen-bond acceptors (Lipinski definition) is 5. The molecular formula is C29H52O4S. The van der Waals surface area contributed by atoms with Gasteiger partial charge in [0.1, 0.15) is 0 Å². The van der Waals surface area contributed by atoms with Crippen LogP contribution in [0.2, 0.25) is 0 Å². The molecule has 0 atom stereocenters. The Hall–Kier alpha value is -1.03. The van der Waals surface area contributed by atoms with Crippen molar-refractivity contribution < 1.29 is 18.4 Å². The Kier molecular flexibility index (Phi) is 35.3. The molecule has 34 heavy (non-hydrogen) atoms. The summed E-state index contributed by atoms with van der Waals surface area (Å²) in [5.74, 6) is 6.51. The van der Waals surface area contributed by atoms with Gasteiger partial charge in [-0.05, 0) is 44.8 Å². The number of methoxy groups -OCH3 is 1. The number of rotatable bonds is 18. The monoisotopic (exact) mass is 496 g/mol. The Bertz CT molecular complexity index is 524. The first-order chi connectivity index (χ1) is 16.8. The second-order valence-corrected chi connectivity index (χ2v) is 8.20. The Morgan fingerprint density at radius 3 is 1.76 bits per heavy atom. The molecule has 1 aromatic rings. The summed E-state index contributed by atoms with van der Waals surface area (Å²) in [7, 11) is 1.62. The van der Waals surface area contributed by atoms with Crippen molar-refractivity contribution in [2.45, 2.75) is 91.4 Å². The molecule has 198 valence electrons. The van der Waals surface area contributed by atoms with Gasteiger partial charge in [0.15, 0.2) is 0 Å². The predicted octanol–water partition coefficient (Wildman–Crippen LogP) is 7.90. The molecule has 0 unspecified atom stereocenters. The highest BCUT2D eigenvalue weighted by Gasteiger charge is 1.94. The predicted molar refractivity (Wildman–Crippen MR) is 150 cm³/mol. The molecule has 0 bridgehead atoms. The van der Waals surface area contributed by atoms with Gasteiger partial charge >= 0.3 is 0 Å². The molecule has 0 fully saturated rings. The largest absolute Gasteiger partial charge is 0.382 e.